The van der Waals surface area contributed by atoms with Gasteiger partial charge in [0.15, 0.2) is 0 Å². The SMILES string of the molecule is COC(=O)C(C)C(C)NCCc1ccnn1C. The molecule has 0 saturated heterocycles. The zero-order valence-electron chi connectivity index (χ0n) is 10.9. The highest BCUT2D eigenvalue weighted by atomic mass is 16.5. The van der Waals surface area contributed by atoms with Gasteiger partial charge in [-0.25, -0.2) is 0 Å². The molecule has 0 bridgehead atoms. The van der Waals surface area contributed by atoms with Gasteiger partial charge in [-0.3, -0.25) is 9.48 Å². The van der Waals surface area contributed by atoms with Crippen LogP contribution in [-0.4, -0.2) is 35.4 Å². The monoisotopic (exact) mass is 239 g/mol. The smallest absolute Gasteiger partial charge is 0.309 e. The van der Waals surface area contributed by atoms with Gasteiger partial charge >= 0.3 is 5.97 Å². The molecule has 5 nitrogen and oxygen atoms in total. The van der Waals surface area contributed by atoms with E-state index in [4.69, 9.17) is 4.74 Å². The normalized spacial score (nSPS) is 14.4. The van der Waals surface area contributed by atoms with Gasteiger partial charge in [0.2, 0.25) is 0 Å². The van der Waals surface area contributed by atoms with Gasteiger partial charge < -0.3 is 10.1 Å². The van der Waals surface area contributed by atoms with Gasteiger partial charge in [0, 0.05) is 37.9 Å². The van der Waals surface area contributed by atoms with Crippen LogP contribution >= 0.6 is 0 Å². The maximum Gasteiger partial charge on any atom is 0.309 e. The van der Waals surface area contributed by atoms with Crippen molar-refractivity contribution in [2.75, 3.05) is 13.7 Å². The molecule has 5 heteroatoms. The number of aromatic nitrogens is 2. The quantitative estimate of drug-likeness (QED) is 0.744. The number of hydrogen-bond acceptors (Lipinski definition) is 4. The molecule has 0 saturated carbocycles. The van der Waals surface area contributed by atoms with Gasteiger partial charge in [-0.05, 0) is 13.0 Å². The van der Waals surface area contributed by atoms with E-state index in [1.807, 2.05) is 31.6 Å². The second-order valence-electron chi connectivity index (χ2n) is 4.25. The summed E-state index contributed by atoms with van der Waals surface area (Å²) in [6.07, 6.45) is 2.69. The van der Waals surface area contributed by atoms with Crippen molar-refractivity contribution in [1.29, 1.82) is 0 Å². The summed E-state index contributed by atoms with van der Waals surface area (Å²) in [5.74, 6) is -0.308. The minimum atomic E-state index is -0.175. The molecule has 0 aromatic carbocycles. The average molecular weight is 239 g/mol. The first-order chi connectivity index (χ1) is 8.06. The molecule has 2 atom stereocenters. The summed E-state index contributed by atoms with van der Waals surface area (Å²) in [6.45, 7) is 4.68. The summed E-state index contributed by atoms with van der Waals surface area (Å²) in [5.41, 5.74) is 1.18. The third kappa shape index (κ3) is 3.85. The minimum absolute atomic E-state index is 0.107. The first-order valence-electron chi connectivity index (χ1n) is 5.84. The van der Waals surface area contributed by atoms with Crippen LogP contribution in [0.4, 0.5) is 0 Å². The summed E-state index contributed by atoms with van der Waals surface area (Å²) >= 11 is 0. The Hall–Kier alpha value is -1.36. The Labute approximate surface area is 102 Å². The van der Waals surface area contributed by atoms with E-state index in [0.717, 1.165) is 13.0 Å². The summed E-state index contributed by atoms with van der Waals surface area (Å²) in [5, 5.41) is 7.43. The number of esters is 1. The van der Waals surface area contributed by atoms with Gasteiger partial charge in [-0.2, -0.15) is 5.10 Å². The molecule has 0 fully saturated rings. The highest BCUT2D eigenvalue weighted by Gasteiger charge is 2.19. The van der Waals surface area contributed by atoms with E-state index in [-0.39, 0.29) is 17.9 Å². The predicted molar refractivity (Wildman–Crippen MR) is 65.6 cm³/mol. The number of nitrogens with zero attached hydrogens (tertiary/aromatic N) is 2. The minimum Gasteiger partial charge on any atom is -0.469 e. The van der Waals surface area contributed by atoms with E-state index >= 15 is 0 Å². The fraction of sp³-hybridized carbons (Fsp3) is 0.667. The van der Waals surface area contributed by atoms with Crippen LogP contribution in [0.25, 0.3) is 0 Å². The Balaban J connectivity index is 2.31. The molecule has 96 valence electrons. The number of rotatable bonds is 6. The van der Waals surface area contributed by atoms with Crippen LogP contribution in [0.2, 0.25) is 0 Å². The van der Waals surface area contributed by atoms with Crippen LogP contribution in [0.15, 0.2) is 12.3 Å². The van der Waals surface area contributed by atoms with Crippen molar-refractivity contribution in [3.63, 3.8) is 0 Å². The summed E-state index contributed by atoms with van der Waals surface area (Å²) < 4.78 is 6.57. The lowest BCUT2D eigenvalue weighted by molar-refractivity contribution is -0.145. The van der Waals surface area contributed by atoms with Crippen LogP contribution in [0, 0.1) is 5.92 Å². The number of aryl methyl sites for hydroxylation is 1. The lowest BCUT2D eigenvalue weighted by Gasteiger charge is -2.19. The Bertz CT molecular complexity index is 362. The van der Waals surface area contributed by atoms with Crippen molar-refractivity contribution < 1.29 is 9.53 Å². The Kier molecular flexibility index (Phi) is 5.15. The van der Waals surface area contributed by atoms with Crippen molar-refractivity contribution in [3.8, 4) is 0 Å². The molecule has 0 radical (unpaired) electrons. The van der Waals surface area contributed by atoms with E-state index in [2.05, 4.69) is 10.4 Å². The number of carbonyl (C=O) groups is 1. The standard InChI is InChI=1S/C12H21N3O2/c1-9(12(16)17-4)10(2)13-7-5-11-6-8-14-15(11)3/h6,8-10,13H,5,7H2,1-4H3. The van der Waals surface area contributed by atoms with Crippen LogP contribution < -0.4 is 5.32 Å². The van der Waals surface area contributed by atoms with Crippen molar-refractivity contribution in [1.82, 2.24) is 15.1 Å². The van der Waals surface area contributed by atoms with Crippen LogP contribution in [0.3, 0.4) is 0 Å². The maximum atomic E-state index is 11.3. The highest BCUT2D eigenvalue weighted by molar-refractivity contribution is 5.72. The van der Waals surface area contributed by atoms with E-state index in [9.17, 15) is 4.79 Å². The first kappa shape index (κ1) is 13.7. The molecule has 1 N–H and O–H groups in total. The van der Waals surface area contributed by atoms with E-state index in [0.29, 0.717) is 0 Å². The van der Waals surface area contributed by atoms with E-state index < -0.39 is 0 Å². The molecule has 0 aliphatic rings. The molecule has 0 spiro atoms. The number of hydrogen-bond donors (Lipinski definition) is 1. The molecular weight excluding hydrogens is 218 g/mol. The molecule has 17 heavy (non-hydrogen) atoms. The fourth-order valence-corrected chi connectivity index (χ4v) is 1.64. The van der Waals surface area contributed by atoms with Crippen molar-refractivity contribution >= 4 is 5.97 Å². The van der Waals surface area contributed by atoms with Gasteiger partial charge in [0.25, 0.3) is 0 Å². The Morgan fingerprint density at radius 1 is 1.59 bits per heavy atom. The third-order valence-electron chi connectivity index (χ3n) is 3.09. The maximum absolute atomic E-state index is 11.3. The third-order valence-corrected chi connectivity index (χ3v) is 3.09. The fourth-order valence-electron chi connectivity index (χ4n) is 1.64. The van der Waals surface area contributed by atoms with Gasteiger partial charge in [0.1, 0.15) is 0 Å². The van der Waals surface area contributed by atoms with Gasteiger partial charge in [-0.1, -0.05) is 6.92 Å². The van der Waals surface area contributed by atoms with Crippen molar-refractivity contribution in [2.24, 2.45) is 13.0 Å². The number of methoxy groups -OCH3 is 1. The zero-order chi connectivity index (χ0) is 12.8. The summed E-state index contributed by atoms with van der Waals surface area (Å²) in [7, 11) is 3.34. The zero-order valence-corrected chi connectivity index (χ0v) is 10.9. The second-order valence-corrected chi connectivity index (χ2v) is 4.25. The van der Waals surface area contributed by atoms with Crippen LogP contribution in [0.1, 0.15) is 19.5 Å². The molecule has 2 unspecified atom stereocenters. The number of ether oxygens (including phenoxy) is 1. The number of carbonyl (C=O) groups excluding carboxylic acids is 1. The Morgan fingerprint density at radius 3 is 2.82 bits per heavy atom. The molecule has 1 heterocycles. The predicted octanol–water partition coefficient (Wildman–Crippen LogP) is 0.750. The molecule has 0 amide bonds. The largest absolute Gasteiger partial charge is 0.469 e. The molecule has 1 aromatic rings. The van der Waals surface area contributed by atoms with Crippen LogP contribution in [-0.2, 0) is 23.0 Å². The molecule has 1 rings (SSSR count). The van der Waals surface area contributed by atoms with E-state index in [1.165, 1.54) is 12.8 Å². The van der Waals surface area contributed by atoms with Crippen molar-refractivity contribution in [2.45, 2.75) is 26.3 Å². The molecule has 1 aromatic heterocycles. The highest BCUT2D eigenvalue weighted by Crippen LogP contribution is 2.05. The Morgan fingerprint density at radius 2 is 2.29 bits per heavy atom. The van der Waals surface area contributed by atoms with Crippen LogP contribution in [0.5, 0.6) is 0 Å². The average Bonchev–Trinajstić information content (AvgIpc) is 2.73. The first-order valence-corrected chi connectivity index (χ1v) is 5.84. The molecule has 0 aliphatic carbocycles. The summed E-state index contributed by atoms with van der Waals surface area (Å²) in [6, 6.07) is 2.10. The van der Waals surface area contributed by atoms with Gasteiger partial charge in [-0.15, -0.1) is 0 Å². The lowest BCUT2D eigenvalue weighted by atomic mass is 10.0. The topological polar surface area (TPSA) is 56.1 Å². The second kappa shape index (κ2) is 6.39. The van der Waals surface area contributed by atoms with E-state index in [1.54, 1.807) is 6.20 Å². The van der Waals surface area contributed by atoms with Gasteiger partial charge in [0.05, 0.1) is 13.0 Å². The number of nitrogens with one attached hydrogen (secondary N) is 1. The molecule has 0 aliphatic heterocycles. The molecular formula is C12H21N3O2. The van der Waals surface area contributed by atoms with Crippen molar-refractivity contribution in [3.05, 3.63) is 18.0 Å². The lowest BCUT2D eigenvalue weighted by Crippen LogP contribution is -2.37. The summed E-state index contributed by atoms with van der Waals surface area (Å²) in [4.78, 5) is 11.3.